The fourth-order valence-electron chi connectivity index (χ4n) is 2.36. The molecule has 0 amide bonds. The van der Waals surface area contributed by atoms with Crippen molar-refractivity contribution in [1.82, 2.24) is 4.57 Å². The maximum atomic E-state index is 12.7. The summed E-state index contributed by atoms with van der Waals surface area (Å²) < 4.78 is 11.5. The zero-order valence-corrected chi connectivity index (χ0v) is 16.2. The molecule has 0 aliphatic carbocycles. The molecule has 0 aliphatic heterocycles. The lowest BCUT2D eigenvalue weighted by molar-refractivity contribution is -0.135. The summed E-state index contributed by atoms with van der Waals surface area (Å²) in [6.45, 7) is 5.46. The van der Waals surface area contributed by atoms with Crippen molar-refractivity contribution in [3.8, 4) is 6.07 Å². The first kappa shape index (κ1) is 20.9. The third-order valence-corrected chi connectivity index (χ3v) is 4.85. The predicted octanol–water partition coefficient (Wildman–Crippen LogP) is 0.949. The molecule has 0 atom stereocenters. The van der Waals surface area contributed by atoms with Crippen LogP contribution in [0.2, 0.25) is 0 Å². The Bertz CT molecular complexity index is 1120. The first-order valence-corrected chi connectivity index (χ1v) is 9.10. The van der Waals surface area contributed by atoms with Crippen LogP contribution in [-0.4, -0.2) is 30.2 Å². The van der Waals surface area contributed by atoms with Gasteiger partial charge < -0.3 is 9.47 Å². The molecule has 2 rings (SSSR count). The number of carbonyl (C=O) groups excluding carboxylic acids is 2. The fraction of sp³-hybridized carbons (Fsp3) is 0.200. The number of ether oxygens (including phenoxy) is 2. The van der Waals surface area contributed by atoms with Gasteiger partial charge >= 0.3 is 11.9 Å². The quantitative estimate of drug-likeness (QED) is 0.531. The van der Waals surface area contributed by atoms with Crippen molar-refractivity contribution < 1.29 is 19.1 Å². The highest BCUT2D eigenvalue weighted by molar-refractivity contribution is 7.07. The van der Waals surface area contributed by atoms with Gasteiger partial charge in [-0.2, -0.15) is 5.26 Å². The number of hydrogen-bond donors (Lipinski definition) is 0. The number of thiazole rings is 1. The summed E-state index contributed by atoms with van der Waals surface area (Å²) in [6.07, 6.45) is 3.03. The molecule has 0 fully saturated rings. The Morgan fingerprint density at radius 2 is 2.00 bits per heavy atom. The highest BCUT2D eigenvalue weighted by atomic mass is 32.1. The minimum atomic E-state index is -0.806. The van der Waals surface area contributed by atoms with Crippen LogP contribution in [0.25, 0.3) is 11.6 Å². The molecule has 0 aliphatic rings. The van der Waals surface area contributed by atoms with Gasteiger partial charge in [-0.15, -0.1) is 11.3 Å². The molecule has 144 valence electrons. The van der Waals surface area contributed by atoms with E-state index in [0.29, 0.717) is 22.2 Å². The first-order valence-electron chi connectivity index (χ1n) is 8.29. The monoisotopic (exact) mass is 398 g/mol. The summed E-state index contributed by atoms with van der Waals surface area (Å²) in [5, 5.41) is 9.39. The van der Waals surface area contributed by atoms with Gasteiger partial charge in [-0.25, -0.2) is 9.59 Å². The van der Waals surface area contributed by atoms with Gasteiger partial charge in [-0.05, 0) is 30.7 Å². The molecule has 0 N–H and O–H groups in total. The Kier molecular flexibility index (Phi) is 7.07. The summed E-state index contributed by atoms with van der Waals surface area (Å²) >= 11 is 1.03. The topological polar surface area (TPSA) is 98.4 Å². The van der Waals surface area contributed by atoms with Gasteiger partial charge in [0.2, 0.25) is 0 Å². The minimum Gasteiger partial charge on any atom is -0.465 e. The lowest BCUT2D eigenvalue weighted by Gasteiger charge is -2.00. The molecular formula is C20H18N2O5S. The number of carbonyl (C=O) groups is 2. The number of benzene rings is 1. The third-order valence-electron chi connectivity index (χ3n) is 3.72. The Balaban J connectivity index is 2.61. The summed E-state index contributed by atoms with van der Waals surface area (Å²) in [7, 11) is 1.30. The Hall–Kier alpha value is -3.44. The average molecular weight is 398 g/mol. The van der Waals surface area contributed by atoms with Crippen LogP contribution in [-0.2, 0) is 20.8 Å². The van der Waals surface area contributed by atoms with Crippen molar-refractivity contribution in [2.75, 3.05) is 13.7 Å². The van der Waals surface area contributed by atoms with E-state index in [1.807, 2.05) is 6.07 Å². The number of nitriles is 1. The Morgan fingerprint density at radius 3 is 2.54 bits per heavy atom. The molecular weight excluding hydrogens is 380 g/mol. The van der Waals surface area contributed by atoms with Crippen LogP contribution in [0.15, 0.2) is 41.7 Å². The largest absolute Gasteiger partial charge is 0.465 e. The van der Waals surface area contributed by atoms with Crippen LogP contribution >= 0.6 is 11.3 Å². The van der Waals surface area contributed by atoms with E-state index in [0.717, 1.165) is 11.3 Å². The molecule has 0 saturated heterocycles. The summed E-state index contributed by atoms with van der Waals surface area (Å²) in [5.74, 6) is -1.26. The highest BCUT2D eigenvalue weighted by Gasteiger charge is 2.16. The number of esters is 2. The van der Waals surface area contributed by atoms with E-state index in [9.17, 15) is 19.6 Å². The van der Waals surface area contributed by atoms with Crippen molar-refractivity contribution in [3.05, 3.63) is 67.6 Å². The van der Waals surface area contributed by atoms with E-state index in [4.69, 9.17) is 4.74 Å². The van der Waals surface area contributed by atoms with E-state index >= 15 is 0 Å². The SMILES string of the molecule is C=CCOC(=O)/C(C#N)=c1\s/c(=C\c2ccc(C(=O)OC)cc2)c(=O)n1CC. The zero-order chi connectivity index (χ0) is 20.7. The van der Waals surface area contributed by atoms with Crippen LogP contribution in [0, 0.1) is 11.3 Å². The Morgan fingerprint density at radius 1 is 1.32 bits per heavy atom. The molecule has 2 aromatic rings. The number of hydrogen-bond acceptors (Lipinski definition) is 7. The van der Waals surface area contributed by atoms with Gasteiger partial charge in [0.1, 0.15) is 17.3 Å². The van der Waals surface area contributed by atoms with Crippen LogP contribution in [0.3, 0.4) is 0 Å². The maximum Gasteiger partial charge on any atom is 0.352 e. The van der Waals surface area contributed by atoms with E-state index in [1.54, 1.807) is 37.3 Å². The molecule has 1 aromatic heterocycles. The lowest BCUT2D eigenvalue weighted by atomic mass is 10.1. The average Bonchev–Trinajstić information content (AvgIpc) is 3.01. The van der Waals surface area contributed by atoms with Gasteiger partial charge in [0.25, 0.3) is 5.56 Å². The molecule has 0 spiro atoms. The summed E-state index contributed by atoms with van der Waals surface area (Å²) in [4.78, 5) is 36.3. The number of methoxy groups -OCH3 is 1. The van der Waals surface area contributed by atoms with Gasteiger partial charge in [0, 0.05) is 6.54 Å². The second kappa shape index (κ2) is 9.48. The maximum absolute atomic E-state index is 12.7. The van der Waals surface area contributed by atoms with Crippen LogP contribution in [0.1, 0.15) is 22.8 Å². The van der Waals surface area contributed by atoms with Crippen molar-refractivity contribution >= 4 is 34.9 Å². The van der Waals surface area contributed by atoms with Crippen molar-refractivity contribution in [1.29, 1.82) is 5.26 Å². The molecule has 0 saturated carbocycles. The zero-order valence-electron chi connectivity index (χ0n) is 15.4. The number of aromatic nitrogens is 1. The van der Waals surface area contributed by atoms with Crippen LogP contribution in [0.4, 0.5) is 0 Å². The van der Waals surface area contributed by atoms with Gasteiger partial charge in [0.15, 0.2) is 5.57 Å². The molecule has 8 heteroatoms. The van der Waals surface area contributed by atoms with E-state index in [1.165, 1.54) is 17.8 Å². The smallest absolute Gasteiger partial charge is 0.352 e. The van der Waals surface area contributed by atoms with Crippen molar-refractivity contribution in [3.63, 3.8) is 0 Å². The van der Waals surface area contributed by atoms with Crippen molar-refractivity contribution in [2.24, 2.45) is 0 Å². The highest BCUT2D eigenvalue weighted by Crippen LogP contribution is 2.06. The second-order valence-corrected chi connectivity index (χ2v) is 6.48. The van der Waals surface area contributed by atoms with Crippen molar-refractivity contribution in [2.45, 2.75) is 13.5 Å². The lowest BCUT2D eigenvalue weighted by Crippen LogP contribution is -2.32. The molecule has 1 heterocycles. The molecule has 28 heavy (non-hydrogen) atoms. The van der Waals surface area contributed by atoms with E-state index in [-0.39, 0.29) is 22.4 Å². The molecule has 0 bridgehead atoms. The summed E-state index contributed by atoms with van der Waals surface area (Å²) in [6, 6.07) is 8.35. The van der Waals surface area contributed by atoms with E-state index < -0.39 is 11.9 Å². The van der Waals surface area contributed by atoms with Gasteiger partial charge in [0.05, 0.1) is 17.2 Å². The van der Waals surface area contributed by atoms with Crippen LogP contribution < -0.4 is 14.8 Å². The standard InChI is InChI=1S/C20H18N2O5S/c1-4-10-27-20(25)15(12-21)18-22(5-2)17(23)16(28-18)11-13-6-8-14(9-7-13)19(24)26-3/h4,6-9,11H,1,5,10H2,2-3H3/b16-11-,18-15-. The van der Waals surface area contributed by atoms with Gasteiger partial charge in [-0.1, -0.05) is 24.8 Å². The molecule has 0 unspecified atom stereocenters. The number of rotatable bonds is 6. The fourth-order valence-corrected chi connectivity index (χ4v) is 3.52. The normalized spacial score (nSPS) is 12.1. The third kappa shape index (κ3) is 4.45. The predicted molar refractivity (Wildman–Crippen MR) is 105 cm³/mol. The Labute approximate surface area is 165 Å². The molecule has 1 aromatic carbocycles. The van der Waals surface area contributed by atoms with Crippen LogP contribution in [0.5, 0.6) is 0 Å². The van der Waals surface area contributed by atoms with Gasteiger partial charge in [-0.3, -0.25) is 9.36 Å². The minimum absolute atomic E-state index is 0.0305. The molecule has 0 radical (unpaired) electrons. The van der Waals surface area contributed by atoms with E-state index in [2.05, 4.69) is 11.3 Å². The number of nitrogens with zero attached hydrogens (tertiary/aromatic N) is 2. The second-order valence-electron chi connectivity index (χ2n) is 5.45. The summed E-state index contributed by atoms with van der Waals surface area (Å²) in [5.41, 5.74) is 0.534. The molecule has 7 nitrogen and oxygen atoms in total. The first-order chi connectivity index (χ1) is 13.5.